The molecule has 3 N–H and O–H groups in total. The maximum absolute atomic E-state index is 12.0. The molecule has 0 unspecified atom stereocenters. The first-order valence-electron chi connectivity index (χ1n) is 7.84. The quantitative estimate of drug-likeness (QED) is 0.763. The zero-order valence-electron chi connectivity index (χ0n) is 13.7. The van der Waals surface area contributed by atoms with Crippen LogP contribution in [-0.2, 0) is 11.3 Å². The Kier molecular flexibility index (Phi) is 5.91. The monoisotopic (exact) mass is 342 g/mol. The van der Waals surface area contributed by atoms with Gasteiger partial charge in [0.05, 0.1) is 5.75 Å². The van der Waals surface area contributed by atoms with E-state index in [-0.39, 0.29) is 12.1 Å². The average molecular weight is 342 g/mol. The predicted molar refractivity (Wildman–Crippen MR) is 92.4 cm³/mol. The highest BCUT2D eigenvalue weighted by Gasteiger charge is 2.35. The van der Waals surface area contributed by atoms with Crippen molar-refractivity contribution in [2.45, 2.75) is 38.8 Å². The summed E-state index contributed by atoms with van der Waals surface area (Å²) < 4.78 is 26.9. The summed E-state index contributed by atoms with van der Waals surface area (Å²) in [6.45, 7) is 5.07. The van der Waals surface area contributed by atoms with E-state index in [1.807, 2.05) is 37.3 Å². The minimum Gasteiger partial charge on any atom is -0.445 e. The number of benzene rings is 1. The SMILES string of the molecule is CCS(O)(O)N1CCC(C)(NC(=O)OCc2ccccc2)CC1. The van der Waals surface area contributed by atoms with Crippen molar-refractivity contribution in [1.82, 2.24) is 9.62 Å². The fraction of sp³-hybridized carbons (Fsp3) is 0.562. The fourth-order valence-corrected chi connectivity index (χ4v) is 3.72. The normalized spacial score (nSPS) is 19.1. The molecule has 1 aromatic rings. The van der Waals surface area contributed by atoms with E-state index in [4.69, 9.17) is 4.74 Å². The molecule has 0 spiro atoms. The number of amides is 1. The summed E-state index contributed by atoms with van der Waals surface area (Å²) in [5.74, 6) is 0.330. The molecular weight excluding hydrogens is 316 g/mol. The second-order valence-corrected chi connectivity index (χ2v) is 8.46. The van der Waals surface area contributed by atoms with Crippen molar-refractivity contribution < 1.29 is 18.6 Å². The van der Waals surface area contributed by atoms with Gasteiger partial charge in [0.2, 0.25) is 0 Å². The van der Waals surface area contributed by atoms with Gasteiger partial charge >= 0.3 is 6.09 Å². The fourth-order valence-electron chi connectivity index (χ4n) is 2.59. The molecule has 1 aliphatic rings. The highest BCUT2D eigenvalue weighted by Crippen LogP contribution is 2.45. The molecule has 0 aromatic heterocycles. The minimum absolute atomic E-state index is 0.241. The Bertz CT molecular complexity index is 516. The van der Waals surface area contributed by atoms with E-state index in [2.05, 4.69) is 5.32 Å². The molecule has 1 heterocycles. The van der Waals surface area contributed by atoms with E-state index >= 15 is 0 Å². The maximum atomic E-state index is 12.0. The summed E-state index contributed by atoms with van der Waals surface area (Å²) in [6.07, 6.45) is 0.874. The highest BCUT2D eigenvalue weighted by molar-refractivity contribution is 8.22. The van der Waals surface area contributed by atoms with Crippen LogP contribution < -0.4 is 5.32 Å². The lowest BCUT2D eigenvalue weighted by molar-refractivity contribution is 0.116. The Morgan fingerprint density at radius 1 is 1.30 bits per heavy atom. The second-order valence-electron chi connectivity index (χ2n) is 6.10. The zero-order chi connectivity index (χ0) is 16.9. The molecular formula is C16H26N2O4S. The molecule has 2 rings (SSSR count). The van der Waals surface area contributed by atoms with Crippen LogP contribution in [0.2, 0.25) is 0 Å². The van der Waals surface area contributed by atoms with E-state index in [0.717, 1.165) is 5.56 Å². The largest absolute Gasteiger partial charge is 0.445 e. The molecule has 0 saturated carbocycles. The van der Waals surface area contributed by atoms with Gasteiger partial charge in [-0.1, -0.05) is 30.3 Å². The van der Waals surface area contributed by atoms with Crippen molar-refractivity contribution in [3.8, 4) is 0 Å². The number of rotatable bonds is 5. The predicted octanol–water partition coefficient (Wildman–Crippen LogP) is 3.45. The molecule has 130 valence electrons. The van der Waals surface area contributed by atoms with Crippen molar-refractivity contribution in [2.75, 3.05) is 18.8 Å². The van der Waals surface area contributed by atoms with Crippen LogP contribution in [0.25, 0.3) is 0 Å². The lowest BCUT2D eigenvalue weighted by atomic mass is 9.91. The summed E-state index contributed by atoms with van der Waals surface area (Å²) in [5.41, 5.74) is 0.563. The van der Waals surface area contributed by atoms with E-state index in [9.17, 15) is 13.9 Å². The average Bonchev–Trinajstić information content (AvgIpc) is 2.54. The van der Waals surface area contributed by atoms with Crippen LogP contribution in [0.5, 0.6) is 0 Å². The minimum atomic E-state index is -2.66. The Labute approximate surface area is 139 Å². The van der Waals surface area contributed by atoms with Crippen LogP contribution in [0.1, 0.15) is 32.3 Å². The first-order valence-corrected chi connectivity index (χ1v) is 9.52. The van der Waals surface area contributed by atoms with Gasteiger partial charge in [0.15, 0.2) is 0 Å². The molecule has 7 heteroatoms. The number of nitrogens with zero attached hydrogens (tertiary/aromatic N) is 1. The molecule has 23 heavy (non-hydrogen) atoms. The van der Waals surface area contributed by atoms with Crippen molar-refractivity contribution in [3.63, 3.8) is 0 Å². The molecule has 0 atom stereocenters. The van der Waals surface area contributed by atoms with Gasteiger partial charge in [-0.05, 0) is 32.3 Å². The van der Waals surface area contributed by atoms with Crippen LogP contribution in [0.3, 0.4) is 0 Å². The van der Waals surface area contributed by atoms with Gasteiger partial charge in [-0.25, -0.2) is 9.10 Å². The Balaban J connectivity index is 1.80. The maximum Gasteiger partial charge on any atom is 0.407 e. The first-order chi connectivity index (χ1) is 10.8. The molecule has 0 bridgehead atoms. The van der Waals surface area contributed by atoms with Crippen LogP contribution in [0, 0.1) is 0 Å². The van der Waals surface area contributed by atoms with Crippen LogP contribution >= 0.6 is 10.8 Å². The van der Waals surface area contributed by atoms with Gasteiger partial charge in [-0.15, -0.1) is 10.8 Å². The van der Waals surface area contributed by atoms with Gasteiger partial charge < -0.3 is 10.1 Å². The topological polar surface area (TPSA) is 82.0 Å². The number of ether oxygens (including phenoxy) is 1. The zero-order valence-corrected chi connectivity index (χ0v) is 14.5. The smallest absolute Gasteiger partial charge is 0.407 e. The number of piperidine rings is 1. The van der Waals surface area contributed by atoms with E-state index in [0.29, 0.717) is 31.7 Å². The van der Waals surface area contributed by atoms with Crippen molar-refractivity contribution in [3.05, 3.63) is 35.9 Å². The molecule has 1 aromatic carbocycles. The summed E-state index contributed by atoms with van der Waals surface area (Å²) >= 11 is 0. The van der Waals surface area contributed by atoms with Gasteiger partial charge in [-0.3, -0.25) is 9.11 Å². The number of carbonyl (C=O) groups excluding carboxylic acids is 1. The number of nitrogens with one attached hydrogen (secondary N) is 1. The molecule has 0 radical (unpaired) electrons. The Morgan fingerprint density at radius 3 is 2.48 bits per heavy atom. The van der Waals surface area contributed by atoms with Gasteiger partial charge in [-0.2, -0.15) is 0 Å². The van der Waals surface area contributed by atoms with Crippen molar-refractivity contribution in [1.29, 1.82) is 0 Å². The molecule has 0 aliphatic carbocycles. The Hall–Kier alpha value is -1.28. The van der Waals surface area contributed by atoms with Crippen LogP contribution in [-0.4, -0.2) is 43.9 Å². The number of hydrogen-bond donors (Lipinski definition) is 3. The number of carbonyl (C=O) groups is 1. The summed E-state index contributed by atoms with van der Waals surface area (Å²) in [5, 5.41) is 2.91. The third-order valence-electron chi connectivity index (χ3n) is 4.24. The standard InChI is InChI=1S/C16H26N2O4S/c1-3-23(20,21)18-11-9-16(2,10-12-18)17-15(19)22-13-14-7-5-4-6-8-14/h4-8,20-21H,3,9-13H2,1-2H3,(H,17,19). The molecule has 1 saturated heterocycles. The van der Waals surface area contributed by atoms with Crippen LogP contribution in [0.15, 0.2) is 30.3 Å². The van der Waals surface area contributed by atoms with Crippen molar-refractivity contribution >= 4 is 16.9 Å². The van der Waals surface area contributed by atoms with E-state index in [1.54, 1.807) is 11.2 Å². The number of alkyl carbamates (subject to hydrolysis) is 1. The lowest BCUT2D eigenvalue weighted by Gasteiger charge is -2.48. The van der Waals surface area contributed by atoms with Gasteiger partial charge in [0.1, 0.15) is 6.61 Å². The van der Waals surface area contributed by atoms with Gasteiger partial charge in [0.25, 0.3) is 0 Å². The van der Waals surface area contributed by atoms with E-state index < -0.39 is 16.9 Å². The third-order valence-corrected chi connectivity index (χ3v) is 6.21. The van der Waals surface area contributed by atoms with E-state index in [1.165, 1.54) is 0 Å². The first kappa shape index (κ1) is 18.1. The van der Waals surface area contributed by atoms with Crippen LogP contribution in [0.4, 0.5) is 4.79 Å². The number of hydrogen-bond acceptors (Lipinski definition) is 5. The third kappa shape index (κ3) is 5.10. The molecule has 6 nitrogen and oxygen atoms in total. The molecule has 1 amide bonds. The Morgan fingerprint density at radius 2 is 1.91 bits per heavy atom. The second kappa shape index (κ2) is 7.53. The summed E-state index contributed by atoms with van der Waals surface area (Å²) in [6, 6.07) is 9.53. The van der Waals surface area contributed by atoms with Gasteiger partial charge in [0, 0.05) is 18.6 Å². The van der Waals surface area contributed by atoms with Crippen molar-refractivity contribution in [2.24, 2.45) is 0 Å². The molecule has 1 aliphatic heterocycles. The lowest BCUT2D eigenvalue weighted by Crippen LogP contribution is -2.53. The molecule has 1 fully saturated rings. The highest BCUT2D eigenvalue weighted by atomic mass is 32.3. The summed E-state index contributed by atoms with van der Waals surface area (Å²) in [4.78, 5) is 12.0. The summed E-state index contributed by atoms with van der Waals surface area (Å²) in [7, 11) is -2.66.